The summed E-state index contributed by atoms with van der Waals surface area (Å²) in [7, 11) is -3.11. The van der Waals surface area contributed by atoms with Crippen LogP contribution in [0.15, 0.2) is 28.7 Å². The minimum atomic E-state index is -3.11. The van der Waals surface area contributed by atoms with Gasteiger partial charge >= 0.3 is 0 Å². The molecule has 0 aliphatic carbocycles. The number of nitrogens with zero attached hydrogens (tertiary/aromatic N) is 1. The average molecular weight is 406 g/mol. The quantitative estimate of drug-likeness (QED) is 0.738. The number of rotatable bonds is 6. The summed E-state index contributed by atoms with van der Waals surface area (Å²) in [5, 5.41) is 0. The third-order valence-electron chi connectivity index (χ3n) is 5.04. The van der Waals surface area contributed by atoms with E-state index >= 15 is 0 Å². The van der Waals surface area contributed by atoms with E-state index in [9.17, 15) is 13.2 Å². The monoisotopic (exact) mass is 405 g/mol. The molecule has 0 saturated carbocycles. The normalized spacial score (nSPS) is 18.2. The van der Waals surface area contributed by atoms with Gasteiger partial charge in [0, 0.05) is 6.04 Å². The lowest BCUT2D eigenvalue weighted by Gasteiger charge is -2.27. The van der Waals surface area contributed by atoms with Crippen molar-refractivity contribution in [1.82, 2.24) is 4.90 Å². The van der Waals surface area contributed by atoms with Gasteiger partial charge in [-0.15, -0.1) is 0 Å². The molecule has 1 aromatic heterocycles. The van der Waals surface area contributed by atoms with Crippen molar-refractivity contribution in [3.8, 4) is 5.75 Å². The third kappa shape index (κ3) is 4.76. The molecule has 2 aromatic rings. The topological polar surface area (TPSA) is 76.8 Å². The van der Waals surface area contributed by atoms with Gasteiger partial charge in [-0.1, -0.05) is 17.7 Å². The summed E-state index contributed by atoms with van der Waals surface area (Å²) >= 11 is 0. The molecule has 3 rings (SSSR count). The van der Waals surface area contributed by atoms with Crippen LogP contribution in [0.4, 0.5) is 0 Å². The number of carbonyl (C=O) groups is 1. The predicted octanol–water partition coefficient (Wildman–Crippen LogP) is 3.11. The fourth-order valence-electron chi connectivity index (χ4n) is 3.79. The average Bonchev–Trinajstić information content (AvgIpc) is 3.16. The van der Waals surface area contributed by atoms with Crippen LogP contribution in [-0.2, 0) is 21.2 Å². The molecule has 7 heteroatoms. The van der Waals surface area contributed by atoms with E-state index in [0.717, 1.165) is 22.5 Å². The molecule has 1 amide bonds. The van der Waals surface area contributed by atoms with Gasteiger partial charge in [0.2, 0.25) is 0 Å². The number of aryl methyl sites for hydroxylation is 4. The van der Waals surface area contributed by atoms with E-state index < -0.39 is 9.84 Å². The maximum Gasteiger partial charge on any atom is 0.261 e. The standard InChI is InChI=1S/C21H27NO5S/c1-14-9-15(2)21(16(3)10-14)26-12-20(23)22(11-19-6-5-17(4)27-19)18-7-8-28(24,25)13-18/h5-6,9-10,18H,7-8,11-13H2,1-4H3/t18-/m1/s1. The van der Waals surface area contributed by atoms with Crippen LogP contribution in [0.2, 0.25) is 0 Å². The lowest BCUT2D eigenvalue weighted by Crippen LogP contribution is -2.43. The lowest BCUT2D eigenvalue weighted by molar-refractivity contribution is -0.136. The molecular formula is C21H27NO5S. The van der Waals surface area contributed by atoms with Crippen molar-refractivity contribution in [2.45, 2.75) is 46.7 Å². The van der Waals surface area contributed by atoms with Crippen LogP contribution in [0.1, 0.15) is 34.6 Å². The molecule has 6 nitrogen and oxygen atoms in total. The molecule has 152 valence electrons. The molecule has 1 aliphatic rings. The summed E-state index contributed by atoms with van der Waals surface area (Å²) in [5.41, 5.74) is 3.09. The van der Waals surface area contributed by atoms with E-state index in [0.29, 0.717) is 17.9 Å². The lowest BCUT2D eigenvalue weighted by atomic mass is 10.1. The van der Waals surface area contributed by atoms with Crippen LogP contribution in [0.3, 0.4) is 0 Å². The Bertz CT molecular complexity index is 953. The molecule has 0 N–H and O–H groups in total. The smallest absolute Gasteiger partial charge is 0.261 e. The van der Waals surface area contributed by atoms with Crippen molar-refractivity contribution < 1.29 is 22.4 Å². The van der Waals surface area contributed by atoms with Crippen molar-refractivity contribution in [2.75, 3.05) is 18.1 Å². The molecule has 0 bridgehead atoms. The number of furan rings is 1. The highest BCUT2D eigenvalue weighted by molar-refractivity contribution is 7.91. The second kappa shape index (κ2) is 7.99. The van der Waals surface area contributed by atoms with E-state index in [2.05, 4.69) is 0 Å². The van der Waals surface area contributed by atoms with Crippen LogP contribution in [0, 0.1) is 27.7 Å². The van der Waals surface area contributed by atoms with Gasteiger partial charge in [0.05, 0.1) is 18.1 Å². The first kappa shape index (κ1) is 20.5. The number of carbonyl (C=O) groups excluding carboxylic acids is 1. The molecule has 1 aromatic carbocycles. The Morgan fingerprint density at radius 2 is 1.86 bits per heavy atom. The van der Waals surface area contributed by atoms with E-state index in [1.165, 1.54) is 0 Å². The van der Waals surface area contributed by atoms with E-state index in [1.807, 2.05) is 52.0 Å². The van der Waals surface area contributed by atoms with Crippen molar-refractivity contribution >= 4 is 15.7 Å². The Kier molecular flexibility index (Phi) is 5.84. The molecular weight excluding hydrogens is 378 g/mol. The first-order valence-corrected chi connectivity index (χ1v) is 11.2. The Hall–Kier alpha value is -2.28. The number of hydrogen-bond donors (Lipinski definition) is 0. The second-order valence-electron chi connectivity index (χ2n) is 7.61. The zero-order chi connectivity index (χ0) is 20.5. The third-order valence-corrected chi connectivity index (χ3v) is 6.79. The van der Waals surface area contributed by atoms with Gasteiger partial charge in [0.1, 0.15) is 17.3 Å². The zero-order valence-corrected chi connectivity index (χ0v) is 17.6. The SMILES string of the molecule is Cc1cc(C)c(OCC(=O)N(Cc2ccc(C)o2)[C@@H]2CCS(=O)(=O)C2)c(C)c1. The van der Waals surface area contributed by atoms with Crippen LogP contribution >= 0.6 is 0 Å². The first-order valence-electron chi connectivity index (χ1n) is 9.40. The number of amides is 1. The molecule has 0 spiro atoms. The number of ether oxygens (including phenoxy) is 1. The van der Waals surface area contributed by atoms with Crippen molar-refractivity contribution in [3.05, 3.63) is 52.5 Å². The number of benzene rings is 1. The van der Waals surface area contributed by atoms with E-state index in [4.69, 9.17) is 9.15 Å². The van der Waals surface area contributed by atoms with Crippen LogP contribution < -0.4 is 4.74 Å². The second-order valence-corrected chi connectivity index (χ2v) is 9.84. The molecule has 28 heavy (non-hydrogen) atoms. The minimum Gasteiger partial charge on any atom is -0.483 e. The van der Waals surface area contributed by atoms with Crippen LogP contribution in [0.5, 0.6) is 5.75 Å². The van der Waals surface area contributed by atoms with E-state index in [1.54, 1.807) is 4.90 Å². The molecule has 0 radical (unpaired) electrons. The van der Waals surface area contributed by atoms with Gasteiger partial charge in [-0.25, -0.2) is 8.42 Å². The highest BCUT2D eigenvalue weighted by Gasteiger charge is 2.35. The first-order chi connectivity index (χ1) is 13.1. The summed E-state index contributed by atoms with van der Waals surface area (Å²) in [6.45, 7) is 7.85. The Morgan fingerprint density at radius 3 is 2.39 bits per heavy atom. The Morgan fingerprint density at radius 1 is 1.18 bits per heavy atom. The largest absolute Gasteiger partial charge is 0.483 e. The summed E-state index contributed by atoms with van der Waals surface area (Å²) in [6, 6.07) is 7.32. The number of hydrogen-bond acceptors (Lipinski definition) is 5. The highest BCUT2D eigenvalue weighted by Crippen LogP contribution is 2.25. The predicted molar refractivity (Wildman–Crippen MR) is 107 cm³/mol. The van der Waals surface area contributed by atoms with Crippen molar-refractivity contribution in [3.63, 3.8) is 0 Å². The molecule has 1 saturated heterocycles. The summed E-state index contributed by atoms with van der Waals surface area (Å²) < 4.78 is 35.3. The van der Waals surface area contributed by atoms with E-state index in [-0.39, 0.29) is 36.6 Å². The molecule has 1 fully saturated rings. The van der Waals surface area contributed by atoms with Gasteiger partial charge in [-0.05, 0) is 57.4 Å². The van der Waals surface area contributed by atoms with Crippen molar-refractivity contribution in [1.29, 1.82) is 0 Å². The van der Waals surface area contributed by atoms with Gasteiger partial charge in [-0.2, -0.15) is 0 Å². The van der Waals surface area contributed by atoms with Gasteiger partial charge < -0.3 is 14.1 Å². The van der Waals surface area contributed by atoms with Gasteiger partial charge in [0.15, 0.2) is 16.4 Å². The minimum absolute atomic E-state index is 0.0129. The van der Waals surface area contributed by atoms with Crippen molar-refractivity contribution in [2.24, 2.45) is 0 Å². The maximum atomic E-state index is 13.0. The highest BCUT2D eigenvalue weighted by atomic mass is 32.2. The fraction of sp³-hybridized carbons (Fsp3) is 0.476. The molecule has 1 aliphatic heterocycles. The summed E-state index contributed by atoms with van der Waals surface area (Å²) in [5.74, 6) is 1.94. The summed E-state index contributed by atoms with van der Waals surface area (Å²) in [6.07, 6.45) is 0.441. The van der Waals surface area contributed by atoms with Gasteiger partial charge in [-0.3, -0.25) is 4.79 Å². The van der Waals surface area contributed by atoms with Crippen LogP contribution in [-0.4, -0.2) is 43.4 Å². The number of sulfone groups is 1. The van der Waals surface area contributed by atoms with Crippen LogP contribution in [0.25, 0.3) is 0 Å². The molecule has 0 unspecified atom stereocenters. The fourth-order valence-corrected chi connectivity index (χ4v) is 5.52. The molecule has 1 atom stereocenters. The summed E-state index contributed by atoms with van der Waals surface area (Å²) in [4.78, 5) is 14.6. The Balaban J connectivity index is 1.76. The van der Waals surface area contributed by atoms with Gasteiger partial charge in [0.25, 0.3) is 5.91 Å². The maximum absolute atomic E-state index is 13.0. The zero-order valence-electron chi connectivity index (χ0n) is 16.8. The Labute approximate surface area is 166 Å². The molecule has 2 heterocycles.